The van der Waals surface area contributed by atoms with Gasteiger partial charge in [0, 0.05) is 37.9 Å². The molecule has 1 N–H and O–H groups in total. The standard InChI is InChI=1S/C24H26FN5O2/c1-17-4-7-20(16-18(17)2)26-24(32)29-13-3-12-28(14-15-29)22-10-11-23(31)30(27-22)21-8-5-19(25)6-9-21/h4-11,16H,3,12-15H2,1-2H3,(H,26,32). The molecule has 32 heavy (non-hydrogen) atoms. The highest BCUT2D eigenvalue weighted by atomic mass is 19.1. The van der Waals surface area contributed by atoms with E-state index in [1.54, 1.807) is 11.0 Å². The van der Waals surface area contributed by atoms with E-state index in [-0.39, 0.29) is 17.4 Å². The summed E-state index contributed by atoms with van der Waals surface area (Å²) in [6.07, 6.45) is 0.775. The quantitative estimate of drug-likeness (QED) is 0.681. The minimum Gasteiger partial charge on any atom is -0.353 e. The van der Waals surface area contributed by atoms with E-state index in [0.717, 1.165) is 17.7 Å². The van der Waals surface area contributed by atoms with E-state index in [1.807, 2.05) is 32.0 Å². The van der Waals surface area contributed by atoms with Crippen molar-refractivity contribution in [2.24, 2.45) is 0 Å². The van der Waals surface area contributed by atoms with Gasteiger partial charge < -0.3 is 15.1 Å². The van der Waals surface area contributed by atoms with Crippen LogP contribution in [0.2, 0.25) is 0 Å². The second-order valence-corrected chi connectivity index (χ2v) is 7.97. The number of nitrogens with zero attached hydrogens (tertiary/aromatic N) is 4. The Kier molecular flexibility index (Phi) is 6.20. The highest BCUT2D eigenvalue weighted by Gasteiger charge is 2.21. The topological polar surface area (TPSA) is 70.5 Å². The molecule has 4 rings (SSSR count). The van der Waals surface area contributed by atoms with Gasteiger partial charge >= 0.3 is 6.03 Å². The van der Waals surface area contributed by atoms with Gasteiger partial charge in [0.2, 0.25) is 0 Å². The van der Waals surface area contributed by atoms with Gasteiger partial charge in [-0.15, -0.1) is 5.10 Å². The number of hydrogen-bond acceptors (Lipinski definition) is 4. The zero-order valence-corrected chi connectivity index (χ0v) is 18.2. The van der Waals surface area contributed by atoms with Gasteiger partial charge in [-0.25, -0.2) is 9.18 Å². The number of carbonyl (C=O) groups is 1. The molecule has 0 unspecified atom stereocenters. The molecular weight excluding hydrogens is 409 g/mol. The molecule has 0 bridgehead atoms. The zero-order valence-electron chi connectivity index (χ0n) is 18.2. The van der Waals surface area contributed by atoms with Crippen molar-refractivity contribution in [3.05, 3.63) is 81.9 Å². The lowest BCUT2D eigenvalue weighted by atomic mass is 10.1. The minimum atomic E-state index is -0.371. The fourth-order valence-electron chi connectivity index (χ4n) is 3.71. The molecule has 2 amide bonds. The molecule has 2 aromatic carbocycles. The van der Waals surface area contributed by atoms with Gasteiger partial charge in [-0.1, -0.05) is 6.07 Å². The van der Waals surface area contributed by atoms with Gasteiger partial charge in [-0.3, -0.25) is 4.79 Å². The number of anilines is 2. The van der Waals surface area contributed by atoms with E-state index in [1.165, 1.54) is 40.6 Å². The molecule has 166 valence electrons. The van der Waals surface area contributed by atoms with E-state index < -0.39 is 0 Å². The Labute approximate surface area is 186 Å². The molecule has 0 aliphatic carbocycles. The summed E-state index contributed by atoms with van der Waals surface area (Å²) in [5.74, 6) is 0.273. The molecule has 7 nitrogen and oxygen atoms in total. The third kappa shape index (κ3) is 4.80. The van der Waals surface area contributed by atoms with E-state index >= 15 is 0 Å². The Morgan fingerprint density at radius 2 is 1.72 bits per heavy atom. The normalized spacial score (nSPS) is 14.2. The zero-order chi connectivity index (χ0) is 22.7. The molecule has 1 fully saturated rings. The Morgan fingerprint density at radius 1 is 0.938 bits per heavy atom. The van der Waals surface area contributed by atoms with Crippen LogP contribution in [0, 0.1) is 19.7 Å². The number of carbonyl (C=O) groups excluding carboxylic acids is 1. The number of nitrogens with one attached hydrogen (secondary N) is 1. The van der Waals surface area contributed by atoms with Crippen molar-refractivity contribution in [3.63, 3.8) is 0 Å². The first-order chi connectivity index (χ1) is 15.4. The van der Waals surface area contributed by atoms with E-state index in [2.05, 4.69) is 15.3 Å². The van der Waals surface area contributed by atoms with Crippen molar-refractivity contribution in [2.75, 3.05) is 36.4 Å². The number of hydrogen-bond donors (Lipinski definition) is 1. The van der Waals surface area contributed by atoms with E-state index in [4.69, 9.17) is 0 Å². The third-order valence-corrected chi connectivity index (χ3v) is 5.72. The smallest absolute Gasteiger partial charge is 0.321 e. The minimum absolute atomic E-state index is 0.126. The van der Waals surface area contributed by atoms with Crippen molar-refractivity contribution in [1.82, 2.24) is 14.7 Å². The largest absolute Gasteiger partial charge is 0.353 e. The molecule has 2 heterocycles. The van der Waals surface area contributed by atoms with Crippen LogP contribution in [0.4, 0.5) is 20.7 Å². The highest BCUT2D eigenvalue weighted by molar-refractivity contribution is 5.89. The lowest BCUT2D eigenvalue weighted by molar-refractivity contribution is 0.215. The maximum atomic E-state index is 13.2. The summed E-state index contributed by atoms with van der Waals surface area (Å²) in [6, 6.07) is 14.5. The summed E-state index contributed by atoms with van der Waals surface area (Å²) in [4.78, 5) is 28.9. The summed E-state index contributed by atoms with van der Waals surface area (Å²) >= 11 is 0. The fraction of sp³-hybridized carbons (Fsp3) is 0.292. The maximum absolute atomic E-state index is 13.2. The van der Waals surface area contributed by atoms with Crippen molar-refractivity contribution >= 4 is 17.5 Å². The monoisotopic (exact) mass is 435 g/mol. The lowest BCUT2D eigenvalue weighted by Gasteiger charge is -2.23. The van der Waals surface area contributed by atoms with Gasteiger partial charge in [-0.05, 0) is 73.9 Å². The average molecular weight is 436 g/mol. The second-order valence-electron chi connectivity index (χ2n) is 7.97. The number of rotatable bonds is 3. The van der Waals surface area contributed by atoms with Crippen LogP contribution in [0.3, 0.4) is 0 Å². The molecule has 1 saturated heterocycles. The van der Waals surface area contributed by atoms with Crippen LogP contribution in [-0.4, -0.2) is 46.9 Å². The first kappa shape index (κ1) is 21.5. The fourth-order valence-corrected chi connectivity index (χ4v) is 3.71. The van der Waals surface area contributed by atoms with Crippen LogP contribution in [0.25, 0.3) is 5.69 Å². The molecular formula is C24H26FN5O2. The van der Waals surface area contributed by atoms with Crippen LogP contribution in [0.5, 0.6) is 0 Å². The molecule has 0 saturated carbocycles. The molecule has 1 aliphatic rings. The predicted octanol–water partition coefficient (Wildman–Crippen LogP) is 3.73. The number of benzene rings is 2. The number of aryl methyl sites for hydroxylation is 2. The van der Waals surface area contributed by atoms with Gasteiger partial charge in [0.1, 0.15) is 11.6 Å². The Bertz CT molecular complexity index is 1180. The molecule has 0 spiro atoms. The lowest BCUT2D eigenvalue weighted by Crippen LogP contribution is -2.38. The Morgan fingerprint density at radius 3 is 2.47 bits per heavy atom. The first-order valence-electron chi connectivity index (χ1n) is 10.7. The maximum Gasteiger partial charge on any atom is 0.321 e. The van der Waals surface area contributed by atoms with Crippen LogP contribution in [-0.2, 0) is 0 Å². The first-order valence-corrected chi connectivity index (χ1v) is 10.7. The van der Waals surface area contributed by atoms with Gasteiger partial charge in [0.05, 0.1) is 5.69 Å². The van der Waals surface area contributed by atoms with Gasteiger partial charge in [0.15, 0.2) is 0 Å². The molecule has 0 atom stereocenters. The summed E-state index contributed by atoms with van der Waals surface area (Å²) in [7, 11) is 0. The molecule has 0 radical (unpaired) electrons. The van der Waals surface area contributed by atoms with Gasteiger partial charge in [-0.2, -0.15) is 4.68 Å². The van der Waals surface area contributed by atoms with Crippen LogP contribution >= 0.6 is 0 Å². The van der Waals surface area contributed by atoms with Crippen LogP contribution in [0.15, 0.2) is 59.4 Å². The summed E-state index contributed by atoms with van der Waals surface area (Å²) in [6.45, 7) is 6.53. The summed E-state index contributed by atoms with van der Waals surface area (Å²) in [5, 5.41) is 7.46. The summed E-state index contributed by atoms with van der Waals surface area (Å²) in [5.41, 5.74) is 3.31. The number of halogens is 1. The number of urea groups is 1. The van der Waals surface area contributed by atoms with Crippen molar-refractivity contribution in [1.29, 1.82) is 0 Å². The predicted molar refractivity (Wildman–Crippen MR) is 123 cm³/mol. The van der Waals surface area contributed by atoms with Gasteiger partial charge in [0.25, 0.3) is 5.56 Å². The molecule has 3 aromatic rings. The van der Waals surface area contributed by atoms with Crippen LogP contribution < -0.4 is 15.8 Å². The Hall–Kier alpha value is -3.68. The second kappa shape index (κ2) is 9.21. The average Bonchev–Trinajstić information content (AvgIpc) is 3.04. The van der Waals surface area contributed by atoms with E-state index in [0.29, 0.717) is 37.7 Å². The third-order valence-electron chi connectivity index (χ3n) is 5.72. The number of amides is 2. The Balaban J connectivity index is 1.45. The van der Waals surface area contributed by atoms with E-state index in [9.17, 15) is 14.0 Å². The van der Waals surface area contributed by atoms with Crippen molar-refractivity contribution in [2.45, 2.75) is 20.3 Å². The van der Waals surface area contributed by atoms with Crippen molar-refractivity contribution in [3.8, 4) is 5.69 Å². The highest BCUT2D eigenvalue weighted by Crippen LogP contribution is 2.17. The molecule has 1 aliphatic heterocycles. The molecule has 8 heteroatoms. The van der Waals surface area contributed by atoms with Crippen LogP contribution in [0.1, 0.15) is 17.5 Å². The SMILES string of the molecule is Cc1ccc(NC(=O)N2CCCN(c3ccc(=O)n(-c4ccc(F)cc4)n3)CC2)cc1C. The molecule has 1 aromatic heterocycles. The van der Waals surface area contributed by atoms with Crippen molar-refractivity contribution < 1.29 is 9.18 Å². The summed E-state index contributed by atoms with van der Waals surface area (Å²) < 4.78 is 14.5. The number of aromatic nitrogens is 2.